The van der Waals surface area contributed by atoms with Crippen molar-refractivity contribution in [3.05, 3.63) is 72.2 Å². The molecule has 31 heavy (non-hydrogen) atoms. The molecule has 2 heterocycles. The van der Waals surface area contributed by atoms with Gasteiger partial charge in [-0.05, 0) is 49.7 Å². The lowest BCUT2D eigenvalue weighted by molar-refractivity contribution is -0.134. The SMILES string of the molecule is Cc1noc(COc2ccc(OC(=O)CCCc3nnc(-c4ccccc4)o3)cc2)n1. The molecule has 9 heteroatoms. The van der Waals surface area contributed by atoms with Crippen LogP contribution in [-0.4, -0.2) is 26.3 Å². The number of aryl methyl sites for hydroxylation is 2. The zero-order valence-corrected chi connectivity index (χ0v) is 16.9. The fraction of sp³-hybridized carbons (Fsp3) is 0.227. The van der Waals surface area contributed by atoms with Gasteiger partial charge in [-0.2, -0.15) is 4.98 Å². The van der Waals surface area contributed by atoms with Crippen molar-refractivity contribution >= 4 is 5.97 Å². The zero-order valence-electron chi connectivity index (χ0n) is 16.9. The van der Waals surface area contributed by atoms with Gasteiger partial charge in [-0.15, -0.1) is 10.2 Å². The molecule has 0 saturated carbocycles. The van der Waals surface area contributed by atoms with Crippen molar-refractivity contribution in [2.45, 2.75) is 32.8 Å². The molecule has 0 aliphatic carbocycles. The third-order valence-electron chi connectivity index (χ3n) is 4.25. The predicted octanol–water partition coefficient (Wildman–Crippen LogP) is 3.94. The average molecular weight is 420 g/mol. The highest BCUT2D eigenvalue weighted by atomic mass is 16.5. The largest absolute Gasteiger partial charge is 0.484 e. The second-order valence-electron chi connectivity index (χ2n) is 6.69. The topological polar surface area (TPSA) is 113 Å². The number of nitrogens with zero attached hydrogens (tertiary/aromatic N) is 4. The van der Waals surface area contributed by atoms with Gasteiger partial charge in [0.25, 0.3) is 5.89 Å². The van der Waals surface area contributed by atoms with Crippen molar-refractivity contribution in [3.63, 3.8) is 0 Å². The van der Waals surface area contributed by atoms with Crippen LogP contribution in [0.15, 0.2) is 63.5 Å². The summed E-state index contributed by atoms with van der Waals surface area (Å²) < 4.78 is 21.5. The van der Waals surface area contributed by atoms with E-state index >= 15 is 0 Å². The van der Waals surface area contributed by atoms with E-state index < -0.39 is 0 Å². The maximum absolute atomic E-state index is 12.1. The molecule has 2 aromatic heterocycles. The molecule has 2 aromatic carbocycles. The third-order valence-corrected chi connectivity index (χ3v) is 4.25. The number of hydrogen-bond donors (Lipinski definition) is 0. The van der Waals surface area contributed by atoms with Gasteiger partial charge in [0.2, 0.25) is 11.8 Å². The van der Waals surface area contributed by atoms with Crippen molar-refractivity contribution < 1.29 is 23.2 Å². The first-order chi connectivity index (χ1) is 15.2. The molecule has 0 unspecified atom stereocenters. The van der Waals surface area contributed by atoms with E-state index in [1.165, 1.54) is 0 Å². The summed E-state index contributed by atoms with van der Waals surface area (Å²) in [7, 11) is 0. The molecule has 0 atom stereocenters. The fourth-order valence-electron chi connectivity index (χ4n) is 2.77. The summed E-state index contributed by atoms with van der Waals surface area (Å²) in [6.45, 7) is 1.90. The Labute approximate surface area is 178 Å². The summed E-state index contributed by atoms with van der Waals surface area (Å²) in [6.07, 6.45) is 1.27. The van der Waals surface area contributed by atoms with Gasteiger partial charge in [-0.3, -0.25) is 4.79 Å². The van der Waals surface area contributed by atoms with Crippen LogP contribution in [-0.2, 0) is 17.8 Å². The van der Waals surface area contributed by atoms with E-state index in [0.717, 1.165) is 5.56 Å². The molecule has 0 N–H and O–H groups in total. The van der Waals surface area contributed by atoms with Crippen molar-refractivity contribution in [2.24, 2.45) is 0 Å². The Hall–Kier alpha value is -4.01. The second kappa shape index (κ2) is 9.66. The van der Waals surface area contributed by atoms with Gasteiger partial charge in [-0.25, -0.2) is 0 Å². The van der Waals surface area contributed by atoms with Gasteiger partial charge < -0.3 is 18.4 Å². The normalized spacial score (nSPS) is 10.7. The Morgan fingerprint density at radius 1 is 0.968 bits per heavy atom. The number of carbonyl (C=O) groups excluding carboxylic acids is 1. The minimum atomic E-state index is -0.335. The van der Waals surface area contributed by atoms with Crippen LogP contribution in [0.4, 0.5) is 0 Å². The quantitative estimate of drug-likeness (QED) is 0.293. The number of benzene rings is 2. The van der Waals surface area contributed by atoms with Gasteiger partial charge in [-0.1, -0.05) is 23.4 Å². The van der Waals surface area contributed by atoms with Gasteiger partial charge in [0.05, 0.1) is 0 Å². The molecule has 0 radical (unpaired) electrons. The highest BCUT2D eigenvalue weighted by Gasteiger charge is 2.11. The van der Waals surface area contributed by atoms with E-state index in [4.69, 9.17) is 18.4 Å². The highest BCUT2D eigenvalue weighted by molar-refractivity contribution is 5.72. The predicted molar refractivity (Wildman–Crippen MR) is 108 cm³/mol. The summed E-state index contributed by atoms with van der Waals surface area (Å²) in [5.74, 6) is 2.61. The average Bonchev–Trinajstić information content (AvgIpc) is 3.43. The van der Waals surface area contributed by atoms with Gasteiger partial charge in [0.15, 0.2) is 12.4 Å². The molecule has 0 bridgehead atoms. The number of esters is 1. The third kappa shape index (κ3) is 5.75. The van der Waals surface area contributed by atoms with Crippen LogP contribution in [0.25, 0.3) is 11.5 Å². The molecule has 9 nitrogen and oxygen atoms in total. The van der Waals surface area contributed by atoms with Gasteiger partial charge >= 0.3 is 5.97 Å². The van der Waals surface area contributed by atoms with E-state index in [9.17, 15) is 4.79 Å². The van der Waals surface area contributed by atoms with Crippen molar-refractivity contribution in [1.82, 2.24) is 20.3 Å². The summed E-state index contributed by atoms with van der Waals surface area (Å²) in [4.78, 5) is 16.1. The zero-order chi connectivity index (χ0) is 21.5. The summed E-state index contributed by atoms with van der Waals surface area (Å²) in [5.41, 5.74) is 0.861. The van der Waals surface area contributed by atoms with Crippen LogP contribution in [0.2, 0.25) is 0 Å². The molecular formula is C22H20N4O5. The lowest BCUT2D eigenvalue weighted by Gasteiger charge is -2.06. The maximum atomic E-state index is 12.1. The Bertz CT molecular complexity index is 1120. The molecular weight excluding hydrogens is 400 g/mol. The standard InChI is InChI=1S/C22H20N4O5/c1-15-23-20(31-26-15)14-28-17-10-12-18(13-11-17)29-21(27)9-5-8-19-24-25-22(30-19)16-6-3-2-4-7-16/h2-4,6-7,10-13H,5,8-9,14H2,1H3. The van der Waals surface area contributed by atoms with Crippen LogP contribution >= 0.6 is 0 Å². The fourth-order valence-corrected chi connectivity index (χ4v) is 2.77. The van der Waals surface area contributed by atoms with Gasteiger partial charge in [0, 0.05) is 18.4 Å². The molecule has 0 fully saturated rings. The van der Waals surface area contributed by atoms with E-state index in [-0.39, 0.29) is 19.0 Å². The van der Waals surface area contributed by atoms with E-state index in [0.29, 0.717) is 47.8 Å². The molecule has 4 aromatic rings. The smallest absolute Gasteiger partial charge is 0.311 e. The van der Waals surface area contributed by atoms with E-state index in [1.807, 2.05) is 30.3 Å². The first-order valence-corrected chi connectivity index (χ1v) is 9.76. The molecule has 0 saturated heterocycles. The summed E-state index contributed by atoms with van der Waals surface area (Å²) in [6, 6.07) is 16.3. The summed E-state index contributed by atoms with van der Waals surface area (Å²) >= 11 is 0. The van der Waals surface area contributed by atoms with Crippen LogP contribution in [0, 0.1) is 6.92 Å². The maximum Gasteiger partial charge on any atom is 0.311 e. The number of carbonyl (C=O) groups is 1. The molecule has 0 aliphatic heterocycles. The Morgan fingerprint density at radius 3 is 2.48 bits per heavy atom. The van der Waals surface area contributed by atoms with Crippen molar-refractivity contribution in [2.75, 3.05) is 0 Å². The van der Waals surface area contributed by atoms with E-state index in [1.54, 1.807) is 31.2 Å². The Kier molecular flexibility index (Phi) is 6.32. The van der Waals surface area contributed by atoms with Gasteiger partial charge in [0.1, 0.15) is 11.5 Å². The number of aromatic nitrogens is 4. The molecule has 0 aliphatic rings. The van der Waals surface area contributed by atoms with Crippen LogP contribution in [0.5, 0.6) is 11.5 Å². The highest BCUT2D eigenvalue weighted by Crippen LogP contribution is 2.20. The number of hydrogen-bond acceptors (Lipinski definition) is 9. The van der Waals surface area contributed by atoms with Crippen molar-refractivity contribution in [3.8, 4) is 23.0 Å². The minimum Gasteiger partial charge on any atom is -0.484 e. The summed E-state index contributed by atoms with van der Waals surface area (Å²) in [5, 5.41) is 11.8. The number of ether oxygens (including phenoxy) is 2. The molecule has 0 amide bonds. The van der Waals surface area contributed by atoms with E-state index in [2.05, 4.69) is 20.3 Å². The Morgan fingerprint density at radius 2 is 1.74 bits per heavy atom. The molecule has 158 valence electrons. The Balaban J connectivity index is 1.20. The van der Waals surface area contributed by atoms with Crippen molar-refractivity contribution in [1.29, 1.82) is 0 Å². The number of rotatable bonds is 9. The van der Waals surface area contributed by atoms with Crippen LogP contribution < -0.4 is 9.47 Å². The lowest BCUT2D eigenvalue weighted by atomic mass is 10.2. The molecule has 0 spiro atoms. The van der Waals surface area contributed by atoms with Crippen LogP contribution in [0.1, 0.15) is 30.4 Å². The second-order valence-corrected chi connectivity index (χ2v) is 6.69. The minimum absolute atomic E-state index is 0.168. The van der Waals surface area contributed by atoms with Crippen LogP contribution in [0.3, 0.4) is 0 Å². The molecule has 4 rings (SSSR count). The lowest BCUT2D eigenvalue weighted by Crippen LogP contribution is -2.08. The monoisotopic (exact) mass is 420 g/mol. The first kappa shape index (κ1) is 20.3. The first-order valence-electron chi connectivity index (χ1n) is 9.76.